The number of carbonyl (C=O) groups is 3. The van der Waals surface area contributed by atoms with E-state index in [1.807, 2.05) is 61.5 Å². The Balaban J connectivity index is 0.00000281. The van der Waals surface area contributed by atoms with Crippen LogP contribution in [0.1, 0.15) is 83.3 Å². The van der Waals surface area contributed by atoms with Crippen LogP contribution in [0.2, 0.25) is 0 Å². The second-order valence-electron chi connectivity index (χ2n) is 9.58. The zero-order valence-corrected chi connectivity index (χ0v) is 21.6. The molecule has 34 heavy (non-hydrogen) atoms. The molecule has 1 N–H and O–H groups in total. The largest absolute Gasteiger partial charge is 0.513 e. The van der Waals surface area contributed by atoms with E-state index in [9.17, 15) is 18.8 Å². The summed E-state index contributed by atoms with van der Waals surface area (Å²) in [6.07, 6.45) is -1.41. The summed E-state index contributed by atoms with van der Waals surface area (Å²) < 4.78 is 23.9. The lowest BCUT2D eigenvalue weighted by Gasteiger charge is -2.29. The number of hydrogen-bond acceptors (Lipinski definition) is 5. The Labute approximate surface area is 201 Å². The number of ketones is 1. The van der Waals surface area contributed by atoms with Gasteiger partial charge in [0.05, 0.1) is 19.1 Å². The number of carbonyl (C=O) groups excluding carboxylic acids is 3. The Morgan fingerprint density at radius 2 is 1.47 bits per heavy atom. The molecule has 0 spiro atoms. The van der Waals surface area contributed by atoms with E-state index in [2.05, 4.69) is 10.1 Å². The van der Waals surface area contributed by atoms with Crippen LogP contribution < -0.4 is 10.1 Å². The monoisotopic (exact) mass is 473 g/mol. The van der Waals surface area contributed by atoms with Crippen LogP contribution in [-0.2, 0) is 20.4 Å². The number of ether oxygens (including phenoxy) is 2. The molecule has 0 aliphatic heterocycles. The molecule has 0 heterocycles. The highest BCUT2D eigenvalue weighted by molar-refractivity contribution is 6.11. The number of methoxy groups -OCH3 is 1. The molecule has 0 aromatic heterocycles. The fraction of sp³-hybridized carbons (Fsp3) is 0.444. The highest BCUT2D eigenvalue weighted by Gasteiger charge is 2.28. The van der Waals surface area contributed by atoms with Gasteiger partial charge in [-0.05, 0) is 34.6 Å². The zero-order chi connectivity index (χ0) is 26.3. The summed E-state index contributed by atoms with van der Waals surface area (Å²) in [6.45, 7) is 15.9. The van der Waals surface area contributed by atoms with Crippen LogP contribution in [-0.4, -0.2) is 25.0 Å². The molecule has 1 amide bonds. The van der Waals surface area contributed by atoms with Crippen LogP contribution in [0.15, 0.2) is 36.4 Å². The minimum atomic E-state index is -0.883. The number of Topliss-reactive ketones (excluding diaryl/α,β-unsaturated/α-hetero) is 1. The van der Waals surface area contributed by atoms with E-state index >= 15 is 0 Å². The molecule has 7 heteroatoms. The fourth-order valence-electron chi connectivity index (χ4n) is 3.23. The van der Waals surface area contributed by atoms with Crippen LogP contribution in [0.5, 0.6) is 5.75 Å². The maximum absolute atomic E-state index is 13.9. The smallest absolute Gasteiger partial charge is 0.437 e. The minimum Gasteiger partial charge on any atom is -0.437 e. The van der Waals surface area contributed by atoms with Crippen molar-refractivity contribution in [1.82, 2.24) is 0 Å². The van der Waals surface area contributed by atoms with E-state index in [0.717, 1.165) is 11.1 Å². The van der Waals surface area contributed by atoms with Crippen LogP contribution in [0, 0.1) is 5.82 Å². The highest BCUT2D eigenvalue weighted by Crippen LogP contribution is 2.40. The third-order valence-electron chi connectivity index (χ3n) is 4.87. The molecule has 0 bridgehead atoms. The lowest BCUT2D eigenvalue weighted by molar-refractivity contribution is -0.115. The van der Waals surface area contributed by atoms with Crippen molar-refractivity contribution in [2.24, 2.45) is 0 Å². The molecule has 0 saturated carbocycles. The first-order chi connectivity index (χ1) is 15.7. The van der Waals surface area contributed by atoms with Gasteiger partial charge in [0.25, 0.3) is 0 Å². The first-order valence-corrected chi connectivity index (χ1v) is 11.3. The van der Waals surface area contributed by atoms with Crippen molar-refractivity contribution < 1.29 is 28.2 Å². The van der Waals surface area contributed by atoms with E-state index in [4.69, 9.17) is 4.74 Å². The summed E-state index contributed by atoms with van der Waals surface area (Å²) >= 11 is 0. The Kier molecular flexibility index (Phi) is 9.97. The highest BCUT2D eigenvalue weighted by atomic mass is 19.1. The van der Waals surface area contributed by atoms with E-state index in [1.165, 1.54) is 31.4 Å². The first kappa shape index (κ1) is 28.8. The van der Waals surface area contributed by atoms with Crippen molar-refractivity contribution in [3.63, 3.8) is 0 Å². The van der Waals surface area contributed by atoms with Gasteiger partial charge >= 0.3 is 6.16 Å². The average Bonchev–Trinajstić information content (AvgIpc) is 2.73. The Hall–Kier alpha value is -3.22. The van der Waals surface area contributed by atoms with Crippen LogP contribution in [0.3, 0.4) is 0 Å². The normalized spacial score (nSPS) is 11.1. The minimum absolute atomic E-state index is 0.142. The second kappa shape index (κ2) is 11.8. The predicted octanol–water partition coefficient (Wildman–Crippen LogP) is 6.80. The van der Waals surface area contributed by atoms with E-state index in [1.54, 1.807) is 6.07 Å². The first-order valence-electron chi connectivity index (χ1n) is 11.3. The van der Waals surface area contributed by atoms with Gasteiger partial charge in [0, 0.05) is 17.3 Å². The van der Waals surface area contributed by atoms with Gasteiger partial charge in [-0.15, -0.1) is 0 Å². The lowest BCUT2D eigenvalue weighted by Crippen LogP contribution is -2.24. The molecule has 2 aromatic rings. The standard InChI is InChI=1S/C25H30FNO5.C2H6/c1-24(2,3)16-12-17(25(4,5)6)21(32-23(30)31-7)13-19(16)27-22(29)14-20(28)15-10-8-9-11-18(15)26;1-2/h8-13H,14H2,1-7H3,(H,27,29);1-2H3. The molecule has 0 atom stereocenters. The third kappa shape index (κ3) is 7.68. The fourth-order valence-corrected chi connectivity index (χ4v) is 3.23. The summed E-state index contributed by atoms with van der Waals surface area (Å²) in [7, 11) is 1.21. The number of anilines is 1. The van der Waals surface area contributed by atoms with Crippen LogP contribution in [0.4, 0.5) is 14.9 Å². The maximum atomic E-state index is 13.9. The molecule has 0 aliphatic carbocycles. The quantitative estimate of drug-likeness (QED) is 0.223. The molecular weight excluding hydrogens is 437 g/mol. The number of halogens is 1. The number of benzene rings is 2. The number of hydrogen-bond donors (Lipinski definition) is 1. The van der Waals surface area contributed by atoms with E-state index in [-0.39, 0.29) is 22.1 Å². The molecule has 2 aromatic carbocycles. The molecular formula is C27H36FNO5. The van der Waals surface area contributed by atoms with Gasteiger partial charge in [0.1, 0.15) is 11.6 Å². The van der Waals surface area contributed by atoms with Gasteiger partial charge in [-0.3, -0.25) is 9.59 Å². The van der Waals surface area contributed by atoms with Crippen molar-refractivity contribution in [2.45, 2.75) is 72.6 Å². The van der Waals surface area contributed by atoms with Crippen molar-refractivity contribution in [3.05, 3.63) is 58.9 Å². The summed E-state index contributed by atoms with van der Waals surface area (Å²) in [6, 6.07) is 8.96. The van der Waals surface area contributed by atoms with E-state index in [0.29, 0.717) is 5.69 Å². The molecule has 2 rings (SSSR count). The van der Waals surface area contributed by atoms with Crippen LogP contribution in [0.25, 0.3) is 0 Å². The van der Waals surface area contributed by atoms with Crippen LogP contribution >= 0.6 is 0 Å². The number of amides is 1. The van der Waals surface area contributed by atoms with Gasteiger partial charge in [0.15, 0.2) is 5.78 Å². The molecule has 6 nitrogen and oxygen atoms in total. The maximum Gasteiger partial charge on any atom is 0.513 e. The van der Waals surface area contributed by atoms with E-state index < -0.39 is 30.1 Å². The SMILES string of the molecule is CC.COC(=O)Oc1cc(NC(=O)CC(=O)c2ccccc2F)c(C(C)(C)C)cc1C(C)(C)C. The summed E-state index contributed by atoms with van der Waals surface area (Å²) in [4.78, 5) is 36.9. The average molecular weight is 474 g/mol. The van der Waals surface area contributed by atoms with Gasteiger partial charge in [0.2, 0.25) is 5.91 Å². The molecule has 0 saturated heterocycles. The topological polar surface area (TPSA) is 81.7 Å². The van der Waals surface area contributed by atoms with Gasteiger partial charge in [-0.2, -0.15) is 0 Å². The summed E-state index contributed by atoms with van der Waals surface area (Å²) in [5.41, 5.74) is 1.07. The number of rotatable bonds is 5. The van der Waals surface area contributed by atoms with Crippen molar-refractivity contribution in [1.29, 1.82) is 0 Å². The van der Waals surface area contributed by atoms with Crippen molar-refractivity contribution in [2.75, 3.05) is 12.4 Å². The molecule has 0 fully saturated rings. The zero-order valence-electron chi connectivity index (χ0n) is 21.6. The lowest BCUT2D eigenvalue weighted by atomic mass is 9.79. The van der Waals surface area contributed by atoms with Gasteiger partial charge in [-0.25, -0.2) is 9.18 Å². The second-order valence-corrected chi connectivity index (χ2v) is 9.58. The molecule has 186 valence electrons. The Morgan fingerprint density at radius 3 is 1.97 bits per heavy atom. The predicted molar refractivity (Wildman–Crippen MR) is 132 cm³/mol. The number of nitrogens with one attached hydrogen (secondary N) is 1. The molecule has 0 radical (unpaired) electrons. The van der Waals surface area contributed by atoms with Crippen molar-refractivity contribution in [3.8, 4) is 5.75 Å². The van der Waals surface area contributed by atoms with Crippen molar-refractivity contribution >= 4 is 23.5 Å². The Bertz CT molecular complexity index is 1030. The third-order valence-corrected chi connectivity index (χ3v) is 4.87. The Morgan fingerprint density at radius 1 is 0.912 bits per heavy atom. The molecule has 0 aliphatic rings. The van der Waals surface area contributed by atoms with Gasteiger partial charge < -0.3 is 14.8 Å². The summed E-state index contributed by atoms with van der Waals surface area (Å²) in [5, 5.41) is 2.73. The molecule has 0 unspecified atom stereocenters. The van der Waals surface area contributed by atoms with Gasteiger partial charge in [-0.1, -0.05) is 67.5 Å². The summed E-state index contributed by atoms with van der Waals surface area (Å²) in [5.74, 6) is -1.66.